The van der Waals surface area contributed by atoms with E-state index in [0.717, 1.165) is 19.6 Å². The standard InChI is InChI=1S/C15H18N4O3/c1-21-14-10-13(22-17-14)15(20)19-8-6-18(7-9-19)11-12-2-4-16-5-3-12/h2-5,10H,6-9,11H2,1H3. The van der Waals surface area contributed by atoms with E-state index >= 15 is 0 Å². The molecule has 1 amide bonds. The average molecular weight is 302 g/mol. The Kier molecular flexibility index (Phi) is 4.34. The summed E-state index contributed by atoms with van der Waals surface area (Å²) in [4.78, 5) is 20.4. The zero-order chi connectivity index (χ0) is 15.4. The van der Waals surface area contributed by atoms with Gasteiger partial charge in [-0.15, -0.1) is 0 Å². The van der Waals surface area contributed by atoms with Crippen LogP contribution in [0.4, 0.5) is 0 Å². The van der Waals surface area contributed by atoms with Gasteiger partial charge in [0.05, 0.1) is 13.2 Å². The summed E-state index contributed by atoms with van der Waals surface area (Å²) >= 11 is 0. The van der Waals surface area contributed by atoms with Gasteiger partial charge in [0.1, 0.15) is 0 Å². The minimum absolute atomic E-state index is 0.139. The monoisotopic (exact) mass is 302 g/mol. The number of pyridine rings is 1. The molecule has 2 aromatic heterocycles. The van der Waals surface area contributed by atoms with E-state index in [2.05, 4.69) is 15.0 Å². The Balaban J connectivity index is 1.54. The molecule has 7 nitrogen and oxygen atoms in total. The second kappa shape index (κ2) is 6.57. The van der Waals surface area contributed by atoms with Crippen LogP contribution >= 0.6 is 0 Å². The van der Waals surface area contributed by atoms with Gasteiger partial charge < -0.3 is 14.2 Å². The molecule has 2 aromatic rings. The molecule has 22 heavy (non-hydrogen) atoms. The van der Waals surface area contributed by atoms with Gasteiger partial charge in [-0.1, -0.05) is 0 Å². The Labute approximate surface area is 128 Å². The van der Waals surface area contributed by atoms with Crippen LogP contribution in [0.3, 0.4) is 0 Å². The van der Waals surface area contributed by atoms with Crippen molar-refractivity contribution >= 4 is 5.91 Å². The van der Waals surface area contributed by atoms with Gasteiger partial charge in [-0.05, 0) is 22.9 Å². The molecule has 0 radical (unpaired) electrons. The summed E-state index contributed by atoms with van der Waals surface area (Å²) < 4.78 is 9.93. The largest absolute Gasteiger partial charge is 0.479 e. The number of nitrogens with zero attached hydrogens (tertiary/aromatic N) is 4. The van der Waals surface area contributed by atoms with Gasteiger partial charge in [-0.3, -0.25) is 14.7 Å². The molecule has 3 heterocycles. The van der Waals surface area contributed by atoms with Gasteiger partial charge >= 0.3 is 0 Å². The maximum absolute atomic E-state index is 12.3. The van der Waals surface area contributed by atoms with Gasteiger partial charge in [-0.2, -0.15) is 0 Å². The minimum atomic E-state index is -0.139. The van der Waals surface area contributed by atoms with Crippen molar-refractivity contribution in [2.75, 3.05) is 33.3 Å². The van der Waals surface area contributed by atoms with Crippen molar-refractivity contribution in [2.24, 2.45) is 0 Å². The molecule has 0 spiro atoms. The number of carbonyl (C=O) groups excluding carboxylic acids is 1. The molecule has 3 rings (SSSR count). The molecule has 0 aromatic carbocycles. The number of carbonyl (C=O) groups is 1. The quantitative estimate of drug-likeness (QED) is 0.840. The van der Waals surface area contributed by atoms with Crippen LogP contribution in [0.1, 0.15) is 16.1 Å². The first-order chi connectivity index (χ1) is 10.8. The first kappa shape index (κ1) is 14.5. The number of hydrogen-bond acceptors (Lipinski definition) is 6. The summed E-state index contributed by atoms with van der Waals surface area (Å²) in [5.74, 6) is 0.401. The minimum Gasteiger partial charge on any atom is -0.479 e. The van der Waals surface area contributed by atoms with Gasteiger partial charge in [-0.25, -0.2) is 0 Å². The third kappa shape index (κ3) is 3.25. The van der Waals surface area contributed by atoms with Crippen molar-refractivity contribution in [1.82, 2.24) is 19.9 Å². The molecular weight excluding hydrogens is 284 g/mol. The third-order valence-corrected chi connectivity index (χ3v) is 3.72. The zero-order valence-corrected chi connectivity index (χ0v) is 12.4. The molecule has 0 saturated carbocycles. The van der Waals surface area contributed by atoms with Crippen molar-refractivity contribution in [2.45, 2.75) is 6.54 Å². The topological polar surface area (TPSA) is 71.7 Å². The average Bonchev–Trinajstić information content (AvgIpc) is 3.05. The Bertz CT molecular complexity index is 621. The first-order valence-electron chi connectivity index (χ1n) is 7.17. The molecule has 1 fully saturated rings. The lowest BCUT2D eigenvalue weighted by Crippen LogP contribution is -2.48. The molecule has 0 N–H and O–H groups in total. The lowest BCUT2D eigenvalue weighted by Gasteiger charge is -2.34. The molecule has 0 atom stereocenters. The van der Waals surface area contributed by atoms with Crippen LogP contribution in [0.25, 0.3) is 0 Å². The normalized spacial score (nSPS) is 15.8. The number of piperazine rings is 1. The van der Waals surface area contributed by atoms with Gasteiger partial charge in [0, 0.05) is 45.1 Å². The van der Waals surface area contributed by atoms with Crippen molar-refractivity contribution in [3.8, 4) is 5.88 Å². The number of rotatable bonds is 4. The summed E-state index contributed by atoms with van der Waals surface area (Å²) in [5.41, 5.74) is 1.23. The van der Waals surface area contributed by atoms with Crippen LogP contribution in [0, 0.1) is 0 Å². The van der Waals surface area contributed by atoms with Crippen molar-refractivity contribution in [3.63, 3.8) is 0 Å². The highest BCUT2D eigenvalue weighted by Gasteiger charge is 2.25. The predicted molar refractivity (Wildman–Crippen MR) is 78.5 cm³/mol. The molecule has 1 saturated heterocycles. The molecule has 7 heteroatoms. The molecule has 116 valence electrons. The molecular formula is C15H18N4O3. The summed E-state index contributed by atoms with van der Waals surface area (Å²) in [5, 5.41) is 3.66. The lowest BCUT2D eigenvalue weighted by atomic mass is 10.2. The van der Waals surface area contributed by atoms with Crippen LogP contribution in [0.2, 0.25) is 0 Å². The summed E-state index contributed by atoms with van der Waals surface area (Å²) in [7, 11) is 1.49. The number of amides is 1. The van der Waals surface area contributed by atoms with Crippen LogP contribution in [-0.4, -0.2) is 59.1 Å². The van der Waals surface area contributed by atoms with Crippen molar-refractivity contribution in [3.05, 3.63) is 41.9 Å². The van der Waals surface area contributed by atoms with E-state index in [9.17, 15) is 4.79 Å². The smallest absolute Gasteiger partial charge is 0.292 e. The maximum Gasteiger partial charge on any atom is 0.292 e. The zero-order valence-electron chi connectivity index (χ0n) is 12.4. The third-order valence-electron chi connectivity index (χ3n) is 3.72. The fourth-order valence-corrected chi connectivity index (χ4v) is 2.47. The van der Waals surface area contributed by atoms with Crippen molar-refractivity contribution < 1.29 is 14.1 Å². The van der Waals surface area contributed by atoms with Crippen LogP contribution in [-0.2, 0) is 6.54 Å². The van der Waals surface area contributed by atoms with E-state index in [4.69, 9.17) is 9.26 Å². The first-order valence-corrected chi connectivity index (χ1v) is 7.17. The molecule has 1 aliphatic heterocycles. The number of ether oxygens (including phenoxy) is 1. The van der Waals surface area contributed by atoms with E-state index in [1.54, 1.807) is 17.3 Å². The Hall–Kier alpha value is -2.41. The van der Waals surface area contributed by atoms with E-state index in [-0.39, 0.29) is 11.7 Å². The fourth-order valence-electron chi connectivity index (χ4n) is 2.47. The van der Waals surface area contributed by atoms with E-state index < -0.39 is 0 Å². The SMILES string of the molecule is COc1cc(C(=O)N2CCN(Cc3ccncc3)CC2)on1. The molecule has 0 unspecified atom stereocenters. The van der Waals surface area contributed by atoms with E-state index in [1.807, 2.05) is 12.1 Å². The van der Waals surface area contributed by atoms with Crippen LogP contribution in [0.5, 0.6) is 5.88 Å². The molecule has 1 aliphatic rings. The van der Waals surface area contributed by atoms with E-state index in [0.29, 0.717) is 19.0 Å². The summed E-state index contributed by atoms with van der Waals surface area (Å²) in [6.07, 6.45) is 3.60. The Morgan fingerprint density at radius 1 is 1.27 bits per heavy atom. The highest BCUT2D eigenvalue weighted by molar-refractivity contribution is 5.91. The second-order valence-corrected chi connectivity index (χ2v) is 5.16. The Morgan fingerprint density at radius 2 is 2.00 bits per heavy atom. The van der Waals surface area contributed by atoms with Crippen molar-refractivity contribution in [1.29, 1.82) is 0 Å². The van der Waals surface area contributed by atoms with Gasteiger partial charge in [0.15, 0.2) is 0 Å². The summed E-state index contributed by atoms with van der Waals surface area (Å²) in [6.45, 7) is 3.89. The highest BCUT2D eigenvalue weighted by atomic mass is 16.5. The van der Waals surface area contributed by atoms with Crippen LogP contribution in [0.15, 0.2) is 35.1 Å². The molecule has 0 bridgehead atoms. The summed E-state index contributed by atoms with van der Waals surface area (Å²) in [6, 6.07) is 5.54. The van der Waals surface area contributed by atoms with E-state index in [1.165, 1.54) is 18.7 Å². The Morgan fingerprint density at radius 3 is 2.64 bits per heavy atom. The number of aromatic nitrogens is 2. The number of methoxy groups -OCH3 is 1. The fraction of sp³-hybridized carbons (Fsp3) is 0.400. The lowest BCUT2D eigenvalue weighted by molar-refractivity contribution is 0.0588. The number of hydrogen-bond donors (Lipinski definition) is 0. The maximum atomic E-state index is 12.3. The van der Waals surface area contributed by atoms with Gasteiger partial charge in [0.2, 0.25) is 5.76 Å². The highest BCUT2D eigenvalue weighted by Crippen LogP contribution is 2.15. The molecule has 0 aliphatic carbocycles. The van der Waals surface area contributed by atoms with Gasteiger partial charge in [0.25, 0.3) is 11.8 Å². The van der Waals surface area contributed by atoms with Crippen LogP contribution < -0.4 is 4.74 Å². The predicted octanol–water partition coefficient (Wildman–Crippen LogP) is 1.04. The second-order valence-electron chi connectivity index (χ2n) is 5.16.